The molecule has 3 rings (SSSR count). The van der Waals surface area contributed by atoms with Gasteiger partial charge in [0.05, 0.1) is 20.3 Å². The standard InChI is InChI=1S/C21H20ClNO5/c1-27-18(24)12-11-17(20(22)25)23(21(26)28-2)19-15-9-5-3-7-13(15)14-8-4-6-10-16(14)19/h3-10,17,19H,11-12H2,1-2H3/t17-/m0/s1. The van der Waals surface area contributed by atoms with E-state index in [1.54, 1.807) is 0 Å². The molecule has 0 unspecified atom stereocenters. The first-order chi connectivity index (χ1) is 13.5. The Kier molecular flexibility index (Phi) is 5.99. The molecule has 0 N–H and O–H groups in total. The van der Waals surface area contributed by atoms with Gasteiger partial charge in [0, 0.05) is 6.42 Å². The minimum atomic E-state index is -1.04. The Hall–Kier alpha value is -2.86. The lowest BCUT2D eigenvalue weighted by Gasteiger charge is -2.34. The molecule has 1 atom stereocenters. The summed E-state index contributed by atoms with van der Waals surface area (Å²) in [5, 5.41) is -0.740. The number of hydrogen-bond acceptors (Lipinski definition) is 5. The molecule has 0 heterocycles. The van der Waals surface area contributed by atoms with E-state index in [9.17, 15) is 14.4 Å². The van der Waals surface area contributed by atoms with Crippen LogP contribution in [0, 0.1) is 0 Å². The quantitative estimate of drug-likeness (QED) is 0.542. The largest absolute Gasteiger partial charge is 0.469 e. The van der Waals surface area contributed by atoms with Crippen molar-refractivity contribution in [1.82, 2.24) is 4.90 Å². The van der Waals surface area contributed by atoms with Crippen LogP contribution in [0.5, 0.6) is 0 Å². The van der Waals surface area contributed by atoms with E-state index in [0.29, 0.717) is 0 Å². The number of methoxy groups -OCH3 is 2. The Labute approximate surface area is 168 Å². The molecule has 0 radical (unpaired) electrons. The second-order valence-corrected chi connectivity index (χ2v) is 6.76. The number of carbonyl (C=O) groups excluding carboxylic acids is 3. The highest BCUT2D eigenvalue weighted by molar-refractivity contribution is 6.64. The molecule has 1 amide bonds. The molecule has 2 aromatic carbocycles. The van der Waals surface area contributed by atoms with E-state index >= 15 is 0 Å². The molecule has 2 aromatic rings. The van der Waals surface area contributed by atoms with Crippen LogP contribution in [0.2, 0.25) is 0 Å². The van der Waals surface area contributed by atoms with Crippen LogP contribution < -0.4 is 0 Å². The Balaban J connectivity index is 2.10. The summed E-state index contributed by atoms with van der Waals surface area (Å²) in [7, 11) is 2.51. The fourth-order valence-corrected chi connectivity index (χ4v) is 3.88. The van der Waals surface area contributed by atoms with Crippen LogP contribution in [0.4, 0.5) is 4.79 Å². The van der Waals surface area contributed by atoms with Crippen LogP contribution >= 0.6 is 11.6 Å². The Morgan fingerprint density at radius 2 is 1.50 bits per heavy atom. The molecule has 0 saturated heterocycles. The number of carbonyl (C=O) groups is 3. The van der Waals surface area contributed by atoms with Crippen LogP contribution in [0.1, 0.15) is 30.0 Å². The van der Waals surface area contributed by atoms with Gasteiger partial charge in [-0.15, -0.1) is 0 Å². The van der Waals surface area contributed by atoms with Gasteiger partial charge < -0.3 is 9.47 Å². The fraction of sp³-hybridized carbons (Fsp3) is 0.286. The number of halogens is 1. The summed E-state index contributed by atoms with van der Waals surface area (Å²) in [6, 6.07) is 13.7. The van der Waals surface area contributed by atoms with Gasteiger partial charge in [-0.25, -0.2) is 4.79 Å². The highest BCUT2D eigenvalue weighted by atomic mass is 35.5. The molecule has 6 nitrogen and oxygen atoms in total. The summed E-state index contributed by atoms with van der Waals surface area (Å²) in [6.45, 7) is 0. The van der Waals surface area contributed by atoms with Crippen molar-refractivity contribution in [2.75, 3.05) is 14.2 Å². The summed E-state index contributed by atoms with van der Waals surface area (Å²) in [4.78, 5) is 37.9. The average Bonchev–Trinajstić information content (AvgIpc) is 3.04. The first kappa shape index (κ1) is 19.9. The average molecular weight is 402 g/mol. The minimum Gasteiger partial charge on any atom is -0.469 e. The van der Waals surface area contributed by atoms with Gasteiger partial charge in [-0.2, -0.15) is 0 Å². The molecule has 7 heteroatoms. The van der Waals surface area contributed by atoms with Gasteiger partial charge in [-0.05, 0) is 40.3 Å². The first-order valence-corrected chi connectivity index (χ1v) is 9.18. The van der Waals surface area contributed by atoms with Crippen molar-refractivity contribution < 1.29 is 23.9 Å². The zero-order valence-electron chi connectivity index (χ0n) is 15.6. The predicted molar refractivity (Wildman–Crippen MR) is 104 cm³/mol. The zero-order chi connectivity index (χ0) is 20.3. The van der Waals surface area contributed by atoms with Gasteiger partial charge in [0.25, 0.3) is 0 Å². The highest BCUT2D eigenvalue weighted by Crippen LogP contribution is 2.47. The third-order valence-corrected chi connectivity index (χ3v) is 5.16. The van der Waals surface area contributed by atoms with Gasteiger partial charge in [-0.3, -0.25) is 14.5 Å². The lowest BCUT2D eigenvalue weighted by Crippen LogP contribution is -2.46. The Morgan fingerprint density at radius 3 is 1.96 bits per heavy atom. The molecule has 0 bridgehead atoms. The maximum Gasteiger partial charge on any atom is 0.410 e. The van der Waals surface area contributed by atoms with Gasteiger partial charge in [0.2, 0.25) is 5.24 Å². The molecule has 1 aliphatic carbocycles. The number of benzene rings is 2. The number of hydrogen-bond donors (Lipinski definition) is 0. The Morgan fingerprint density at radius 1 is 0.964 bits per heavy atom. The lowest BCUT2D eigenvalue weighted by molar-refractivity contribution is -0.141. The highest BCUT2D eigenvalue weighted by Gasteiger charge is 2.41. The fourth-order valence-electron chi connectivity index (χ4n) is 3.67. The summed E-state index contributed by atoms with van der Waals surface area (Å²) in [5.74, 6) is -0.486. The van der Waals surface area contributed by atoms with Crippen LogP contribution in [0.25, 0.3) is 11.1 Å². The van der Waals surface area contributed by atoms with Gasteiger partial charge in [0.1, 0.15) is 6.04 Å². The van der Waals surface area contributed by atoms with E-state index in [0.717, 1.165) is 22.3 Å². The third kappa shape index (κ3) is 3.60. The van der Waals surface area contributed by atoms with Gasteiger partial charge in [0.15, 0.2) is 0 Å². The number of rotatable bonds is 6. The van der Waals surface area contributed by atoms with Crippen LogP contribution in [0.15, 0.2) is 48.5 Å². The molecule has 1 aliphatic rings. The smallest absolute Gasteiger partial charge is 0.410 e. The third-order valence-electron chi connectivity index (χ3n) is 4.91. The van der Waals surface area contributed by atoms with Crippen molar-refractivity contribution in [3.63, 3.8) is 0 Å². The first-order valence-electron chi connectivity index (χ1n) is 8.80. The molecule has 0 fully saturated rings. The molecule has 28 heavy (non-hydrogen) atoms. The van der Waals surface area contributed by atoms with Crippen LogP contribution in [-0.4, -0.2) is 42.5 Å². The molecular weight excluding hydrogens is 382 g/mol. The second kappa shape index (κ2) is 8.44. The lowest BCUT2D eigenvalue weighted by atomic mass is 10.0. The van der Waals surface area contributed by atoms with Crippen LogP contribution in [0.3, 0.4) is 0 Å². The molecule has 0 spiro atoms. The predicted octanol–water partition coefficient (Wildman–Crippen LogP) is 3.91. The normalized spacial score (nSPS) is 13.2. The van der Waals surface area contributed by atoms with E-state index in [4.69, 9.17) is 16.3 Å². The van der Waals surface area contributed by atoms with E-state index in [1.807, 2.05) is 48.5 Å². The summed E-state index contributed by atoms with van der Waals surface area (Å²) in [6.07, 6.45) is -0.714. The molecular formula is C21H20ClNO5. The number of amides is 1. The maximum absolute atomic E-state index is 12.8. The Bertz CT molecular complexity index is 868. The second-order valence-electron chi connectivity index (χ2n) is 6.39. The molecule has 0 aliphatic heterocycles. The van der Waals surface area contributed by atoms with Crippen molar-refractivity contribution in [1.29, 1.82) is 0 Å². The summed E-state index contributed by atoms with van der Waals surface area (Å²) < 4.78 is 9.64. The van der Waals surface area contributed by atoms with Crippen molar-refractivity contribution in [2.24, 2.45) is 0 Å². The molecule has 0 aromatic heterocycles. The summed E-state index contributed by atoms with van der Waals surface area (Å²) >= 11 is 5.86. The monoisotopic (exact) mass is 401 g/mol. The van der Waals surface area contributed by atoms with E-state index in [-0.39, 0.29) is 12.8 Å². The van der Waals surface area contributed by atoms with Crippen LogP contribution in [-0.2, 0) is 19.1 Å². The van der Waals surface area contributed by atoms with E-state index in [2.05, 4.69) is 4.74 Å². The van der Waals surface area contributed by atoms with Crippen molar-refractivity contribution >= 4 is 28.9 Å². The van der Waals surface area contributed by atoms with Gasteiger partial charge >= 0.3 is 12.1 Å². The van der Waals surface area contributed by atoms with E-state index < -0.39 is 29.4 Å². The topological polar surface area (TPSA) is 72.9 Å². The van der Waals surface area contributed by atoms with Crippen molar-refractivity contribution in [3.8, 4) is 11.1 Å². The molecule has 0 saturated carbocycles. The number of ether oxygens (including phenoxy) is 2. The number of fused-ring (bicyclic) bond motifs is 3. The number of esters is 1. The SMILES string of the molecule is COC(=O)CC[C@@H](C(=O)Cl)N(C(=O)OC)C1c2ccccc2-c2ccccc21. The molecule has 146 valence electrons. The zero-order valence-corrected chi connectivity index (χ0v) is 16.3. The minimum absolute atomic E-state index is 0.0327. The van der Waals surface area contributed by atoms with Gasteiger partial charge in [-0.1, -0.05) is 48.5 Å². The maximum atomic E-state index is 12.8. The summed E-state index contributed by atoms with van der Waals surface area (Å²) in [5.41, 5.74) is 3.70. The van der Waals surface area contributed by atoms with Crippen molar-refractivity contribution in [2.45, 2.75) is 24.9 Å². The van der Waals surface area contributed by atoms with E-state index in [1.165, 1.54) is 19.1 Å². The number of nitrogens with zero attached hydrogens (tertiary/aromatic N) is 1. The van der Waals surface area contributed by atoms with Crippen molar-refractivity contribution in [3.05, 3.63) is 59.7 Å².